The molecule has 0 radical (unpaired) electrons. The minimum atomic E-state index is -0.393. The Morgan fingerprint density at radius 1 is 1.44 bits per heavy atom. The average Bonchev–Trinajstić information content (AvgIpc) is 2.68. The number of fused-ring (bicyclic) bond motifs is 1. The first-order valence-corrected chi connectivity index (χ1v) is 5.14. The Morgan fingerprint density at radius 2 is 2.25 bits per heavy atom. The van der Waals surface area contributed by atoms with Gasteiger partial charge >= 0.3 is 0 Å². The third-order valence-corrected chi connectivity index (χ3v) is 2.53. The maximum atomic E-state index is 10.6. The number of benzene rings is 1. The van der Waals surface area contributed by atoms with Gasteiger partial charge in [-0.2, -0.15) is 0 Å². The lowest BCUT2D eigenvalue weighted by atomic mass is 10.2. The molecular weight excluding hydrogens is 228 g/mol. The quantitative estimate of drug-likeness (QED) is 0.606. The molecule has 0 unspecified atom stereocenters. The molecule has 0 saturated carbocycles. The Bertz CT molecular complexity index is 560. The first-order chi connectivity index (χ1) is 7.72. The van der Waals surface area contributed by atoms with Crippen LogP contribution >= 0.6 is 11.6 Å². The maximum Gasteiger partial charge on any atom is 0.270 e. The third-order valence-electron chi connectivity index (χ3n) is 2.36. The van der Waals surface area contributed by atoms with Gasteiger partial charge in [-0.05, 0) is 12.1 Å². The SMILES string of the molecule is O=[N+]([O-])c1ccc2c(ccn2C/C=C/Cl)c1. The predicted octanol–water partition coefficient (Wildman–Crippen LogP) is 3.30. The number of hydrogen-bond donors (Lipinski definition) is 0. The summed E-state index contributed by atoms with van der Waals surface area (Å²) in [6.07, 6.45) is 3.69. The van der Waals surface area contributed by atoms with Crippen molar-refractivity contribution < 1.29 is 4.92 Å². The Morgan fingerprint density at radius 3 is 2.94 bits per heavy atom. The Hall–Kier alpha value is -1.81. The second kappa shape index (κ2) is 4.37. The van der Waals surface area contributed by atoms with Crippen LogP contribution in [-0.2, 0) is 6.54 Å². The van der Waals surface area contributed by atoms with Gasteiger partial charge in [-0.1, -0.05) is 17.7 Å². The number of rotatable bonds is 3. The molecule has 0 atom stereocenters. The molecule has 1 aromatic carbocycles. The van der Waals surface area contributed by atoms with E-state index in [1.54, 1.807) is 12.1 Å². The van der Waals surface area contributed by atoms with E-state index in [0.717, 1.165) is 10.9 Å². The summed E-state index contributed by atoms with van der Waals surface area (Å²) in [5.74, 6) is 0. The van der Waals surface area contributed by atoms with Crippen molar-refractivity contribution in [3.63, 3.8) is 0 Å². The van der Waals surface area contributed by atoms with Gasteiger partial charge in [0, 0.05) is 41.3 Å². The second-order valence-corrected chi connectivity index (χ2v) is 3.58. The normalized spacial score (nSPS) is 11.3. The van der Waals surface area contributed by atoms with E-state index in [0.29, 0.717) is 6.54 Å². The van der Waals surface area contributed by atoms with Crippen molar-refractivity contribution in [1.29, 1.82) is 0 Å². The highest BCUT2D eigenvalue weighted by Gasteiger charge is 2.07. The Labute approximate surface area is 96.9 Å². The van der Waals surface area contributed by atoms with Gasteiger partial charge in [0.15, 0.2) is 0 Å². The molecule has 0 N–H and O–H groups in total. The fraction of sp³-hybridized carbons (Fsp3) is 0.0909. The lowest BCUT2D eigenvalue weighted by Gasteiger charge is -2.00. The Kier molecular flexibility index (Phi) is 2.92. The third kappa shape index (κ3) is 1.92. The topological polar surface area (TPSA) is 48.1 Å². The van der Waals surface area contributed by atoms with Gasteiger partial charge in [0.2, 0.25) is 0 Å². The minimum Gasteiger partial charge on any atom is -0.344 e. The molecule has 0 bridgehead atoms. The predicted molar refractivity (Wildman–Crippen MR) is 63.6 cm³/mol. The minimum absolute atomic E-state index is 0.109. The van der Waals surface area contributed by atoms with Crippen LogP contribution in [0, 0.1) is 10.1 Å². The number of hydrogen-bond acceptors (Lipinski definition) is 2. The number of nitro groups is 1. The molecule has 0 spiro atoms. The molecule has 16 heavy (non-hydrogen) atoms. The molecule has 5 heteroatoms. The molecule has 2 aromatic rings. The molecule has 82 valence electrons. The molecule has 1 heterocycles. The van der Waals surface area contributed by atoms with Gasteiger partial charge < -0.3 is 4.57 Å². The van der Waals surface area contributed by atoms with Crippen molar-refractivity contribution in [2.24, 2.45) is 0 Å². The number of nitrogens with zero attached hydrogens (tertiary/aromatic N) is 2. The summed E-state index contributed by atoms with van der Waals surface area (Å²) in [6, 6.07) is 6.67. The van der Waals surface area contributed by atoms with Crippen molar-refractivity contribution >= 4 is 28.2 Å². The molecule has 0 aliphatic rings. The standard InChI is InChI=1S/C11H9ClN2O2/c12-5-1-6-13-7-4-9-8-10(14(15)16)2-3-11(9)13/h1-5,7-8H,6H2/b5-1+. The van der Waals surface area contributed by atoms with Crippen LogP contribution in [0.1, 0.15) is 0 Å². The number of non-ortho nitro benzene ring substituents is 1. The molecule has 2 rings (SSSR count). The van der Waals surface area contributed by atoms with Crippen LogP contribution in [0.2, 0.25) is 0 Å². The zero-order chi connectivity index (χ0) is 11.5. The van der Waals surface area contributed by atoms with E-state index in [9.17, 15) is 10.1 Å². The van der Waals surface area contributed by atoms with E-state index in [1.807, 2.05) is 22.9 Å². The van der Waals surface area contributed by atoms with E-state index in [1.165, 1.54) is 11.6 Å². The van der Waals surface area contributed by atoms with Crippen LogP contribution < -0.4 is 0 Å². The molecule has 0 fully saturated rings. The molecule has 0 aliphatic carbocycles. The largest absolute Gasteiger partial charge is 0.344 e. The van der Waals surface area contributed by atoms with Crippen molar-refractivity contribution in [3.05, 3.63) is 52.2 Å². The molecule has 0 saturated heterocycles. The fourth-order valence-electron chi connectivity index (χ4n) is 1.61. The molecule has 4 nitrogen and oxygen atoms in total. The van der Waals surface area contributed by atoms with Gasteiger partial charge in [0.1, 0.15) is 0 Å². The number of nitro benzene ring substituents is 1. The first-order valence-electron chi connectivity index (χ1n) is 4.71. The summed E-state index contributed by atoms with van der Waals surface area (Å²) in [5, 5.41) is 11.5. The monoisotopic (exact) mass is 236 g/mol. The zero-order valence-electron chi connectivity index (χ0n) is 8.34. The summed E-state index contributed by atoms with van der Waals surface area (Å²) in [4.78, 5) is 10.2. The first kappa shape index (κ1) is 10.7. The molecular formula is C11H9ClN2O2. The van der Waals surface area contributed by atoms with Gasteiger partial charge in [0.25, 0.3) is 5.69 Å². The van der Waals surface area contributed by atoms with Gasteiger partial charge in [-0.25, -0.2) is 0 Å². The lowest BCUT2D eigenvalue weighted by Crippen LogP contribution is -1.92. The van der Waals surface area contributed by atoms with Crippen molar-refractivity contribution in [2.75, 3.05) is 0 Å². The van der Waals surface area contributed by atoms with Gasteiger partial charge in [-0.3, -0.25) is 10.1 Å². The lowest BCUT2D eigenvalue weighted by molar-refractivity contribution is -0.384. The van der Waals surface area contributed by atoms with Crippen LogP contribution in [-0.4, -0.2) is 9.49 Å². The van der Waals surface area contributed by atoms with Crippen LogP contribution in [0.3, 0.4) is 0 Å². The van der Waals surface area contributed by atoms with Crippen LogP contribution in [0.15, 0.2) is 42.1 Å². The maximum absolute atomic E-state index is 10.6. The number of halogens is 1. The van der Waals surface area contributed by atoms with E-state index >= 15 is 0 Å². The summed E-state index contributed by atoms with van der Waals surface area (Å²) < 4.78 is 1.97. The summed E-state index contributed by atoms with van der Waals surface area (Å²) >= 11 is 5.45. The van der Waals surface area contributed by atoms with E-state index < -0.39 is 4.92 Å². The zero-order valence-corrected chi connectivity index (χ0v) is 9.09. The molecule has 0 amide bonds. The second-order valence-electron chi connectivity index (χ2n) is 3.33. The van der Waals surface area contributed by atoms with Crippen LogP contribution in [0.5, 0.6) is 0 Å². The van der Waals surface area contributed by atoms with Crippen molar-refractivity contribution in [2.45, 2.75) is 6.54 Å². The smallest absolute Gasteiger partial charge is 0.270 e. The van der Waals surface area contributed by atoms with Crippen molar-refractivity contribution in [1.82, 2.24) is 4.57 Å². The molecule has 0 aliphatic heterocycles. The highest BCUT2D eigenvalue weighted by molar-refractivity contribution is 6.25. The van der Waals surface area contributed by atoms with Crippen LogP contribution in [0.25, 0.3) is 10.9 Å². The Balaban J connectivity index is 2.46. The van der Waals surface area contributed by atoms with E-state index in [2.05, 4.69) is 0 Å². The van der Waals surface area contributed by atoms with Crippen molar-refractivity contribution in [3.8, 4) is 0 Å². The summed E-state index contributed by atoms with van der Waals surface area (Å²) in [6.45, 7) is 0.658. The molecule has 1 aromatic heterocycles. The van der Waals surface area contributed by atoms with E-state index in [-0.39, 0.29) is 5.69 Å². The number of aromatic nitrogens is 1. The van der Waals surface area contributed by atoms with Crippen LogP contribution in [0.4, 0.5) is 5.69 Å². The highest BCUT2D eigenvalue weighted by Crippen LogP contribution is 2.21. The summed E-state index contributed by atoms with van der Waals surface area (Å²) in [7, 11) is 0. The fourth-order valence-corrected chi connectivity index (χ4v) is 1.69. The summed E-state index contributed by atoms with van der Waals surface area (Å²) in [5.41, 5.74) is 2.52. The highest BCUT2D eigenvalue weighted by atomic mass is 35.5. The van der Waals surface area contributed by atoms with E-state index in [4.69, 9.17) is 11.6 Å². The number of allylic oxidation sites excluding steroid dienone is 1. The van der Waals surface area contributed by atoms with Gasteiger partial charge in [-0.15, -0.1) is 0 Å². The average molecular weight is 237 g/mol. The van der Waals surface area contributed by atoms with Gasteiger partial charge in [0.05, 0.1) is 4.92 Å².